The van der Waals surface area contributed by atoms with Gasteiger partial charge in [0.15, 0.2) is 0 Å². The van der Waals surface area contributed by atoms with Crippen molar-refractivity contribution >= 4 is 17.6 Å². The summed E-state index contributed by atoms with van der Waals surface area (Å²) in [5.41, 5.74) is 0.690. The minimum atomic E-state index is -1.01. The van der Waals surface area contributed by atoms with Crippen molar-refractivity contribution in [3.8, 4) is 5.75 Å². The first-order valence-electron chi connectivity index (χ1n) is 5.35. The fourth-order valence-corrected chi connectivity index (χ4v) is 1.94. The number of benzene rings is 1. The Bertz CT molecular complexity index is 470. The van der Waals surface area contributed by atoms with Gasteiger partial charge in [-0.1, -0.05) is 0 Å². The van der Waals surface area contributed by atoms with E-state index in [1.807, 2.05) is 0 Å². The van der Waals surface area contributed by atoms with Crippen molar-refractivity contribution in [1.29, 1.82) is 0 Å². The summed E-state index contributed by atoms with van der Waals surface area (Å²) in [5, 5.41) is 8.94. The van der Waals surface area contributed by atoms with E-state index in [0.29, 0.717) is 24.4 Å². The first kappa shape index (κ1) is 11.4. The molecule has 1 aromatic carbocycles. The van der Waals surface area contributed by atoms with Crippen molar-refractivity contribution in [2.75, 3.05) is 18.6 Å². The van der Waals surface area contributed by atoms with Gasteiger partial charge in [0.25, 0.3) is 0 Å². The van der Waals surface area contributed by atoms with E-state index in [0.717, 1.165) is 6.42 Å². The van der Waals surface area contributed by atoms with Gasteiger partial charge in [0.1, 0.15) is 5.75 Å². The van der Waals surface area contributed by atoms with Gasteiger partial charge < -0.3 is 14.7 Å². The number of hydrogen-bond acceptors (Lipinski definition) is 3. The number of hydrogen-bond donors (Lipinski definition) is 1. The lowest BCUT2D eigenvalue weighted by atomic mass is 10.1. The predicted octanol–water partition coefficient (Wildman–Crippen LogP) is 1.52. The summed E-state index contributed by atoms with van der Waals surface area (Å²) in [7, 11) is 1.50. The molecule has 1 aromatic rings. The summed E-state index contributed by atoms with van der Waals surface area (Å²) in [5.74, 6) is -0.489. The standard InChI is InChI=1S/C12H13NO4/c1-17-10-5-4-8(12(15)16)7-9(10)13-6-2-3-11(13)14/h4-5,7H,2-3,6H2,1H3,(H,15,16). The number of anilines is 1. The average Bonchev–Trinajstić information content (AvgIpc) is 2.74. The Labute approximate surface area is 98.6 Å². The number of rotatable bonds is 3. The molecule has 17 heavy (non-hydrogen) atoms. The maximum Gasteiger partial charge on any atom is 0.335 e. The molecule has 2 rings (SSSR count). The maximum atomic E-state index is 11.6. The quantitative estimate of drug-likeness (QED) is 0.862. The normalized spacial score (nSPS) is 15.1. The number of methoxy groups -OCH3 is 1. The summed E-state index contributed by atoms with van der Waals surface area (Å²) in [6, 6.07) is 4.51. The lowest BCUT2D eigenvalue weighted by Crippen LogP contribution is -2.24. The second-order valence-corrected chi connectivity index (χ2v) is 3.84. The molecule has 0 unspecified atom stereocenters. The minimum Gasteiger partial charge on any atom is -0.495 e. The summed E-state index contributed by atoms with van der Waals surface area (Å²) >= 11 is 0. The van der Waals surface area contributed by atoms with Crippen molar-refractivity contribution in [2.45, 2.75) is 12.8 Å². The van der Waals surface area contributed by atoms with Gasteiger partial charge >= 0.3 is 5.97 Å². The Morgan fingerprint density at radius 2 is 2.24 bits per heavy atom. The van der Waals surface area contributed by atoms with Crippen molar-refractivity contribution in [2.24, 2.45) is 0 Å². The van der Waals surface area contributed by atoms with Crippen LogP contribution in [0, 0.1) is 0 Å². The number of carbonyl (C=O) groups is 2. The van der Waals surface area contributed by atoms with Crippen molar-refractivity contribution in [3.63, 3.8) is 0 Å². The fourth-order valence-electron chi connectivity index (χ4n) is 1.94. The smallest absolute Gasteiger partial charge is 0.335 e. The summed E-state index contributed by atoms with van der Waals surface area (Å²) in [4.78, 5) is 24.1. The zero-order chi connectivity index (χ0) is 12.4. The molecular formula is C12H13NO4. The van der Waals surface area contributed by atoms with Crippen LogP contribution in [-0.2, 0) is 4.79 Å². The van der Waals surface area contributed by atoms with Gasteiger partial charge in [-0.15, -0.1) is 0 Å². The predicted molar refractivity (Wildman–Crippen MR) is 61.5 cm³/mol. The highest BCUT2D eigenvalue weighted by Crippen LogP contribution is 2.32. The van der Waals surface area contributed by atoms with Gasteiger partial charge in [-0.2, -0.15) is 0 Å². The highest BCUT2D eigenvalue weighted by molar-refractivity contribution is 5.98. The number of nitrogens with zero attached hydrogens (tertiary/aromatic N) is 1. The monoisotopic (exact) mass is 235 g/mol. The molecule has 1 amide bonds. The van der Waals surface area contributed by atoms with Crippen LogP contribution in [0.1, 0.15) is 23.2 Å². The van der Waals surface area contributed by atoms with Crippen LogP contribution in [0.3, 0.4) is 0 Å². The highest BCUT2D eigenvalue weighted by atomic mass is 16.5. The van der Waals surface area contributed by atoms with Crippen molar-refractivity contribution in [3.05, 3.63) is 23.8 Å². The van der Waals surface area contributed by atoms with E-state index in [4.69, 9.17) is 9.84 Å². The summed E-state index contributed by atoms with van der Waals surface area (Å²) in [6.45, 7) is 0.609. The zero-order valence-corrected chi connectivity index (χ0v) is 9.47. The molecule has 0 radical (unpaired) electrons. The molecule has 0 spiro atoms. The van der Waals surface area contributed by atoms with Crippen LogP contribution in [-0.4, -0.2) is 30.6 Å². The molecule has 1 aliphatic rings. The second kappa shape index (κ2) is 4.45. The van der Waals surface area contributed by atoms with E-state index in [9.17, 15) is 9.59 Å². The number of aromatic carboxylic acids is 1. The molecule has 1 fully saturated rings. The molecule has 0 bridgehead atoms. The Balaban J connectivity index is 2.45. The van der Waals surface area contributed by atoms with Gasteiger partial charge in [0.2, 0.25) is 5.91 Å². The fraction of sp³-hybridized carbons (Fsp3) is 0.333. The third kappa shape index (κ3) is 2.08. The number of amides is 1. The van der Waals surface area contributed by atoms with Crippen molar-refractivity contribution in [1.82, 2.24) is 0 Å². The van der Waals surface area contributed by atoms with Gasteiger partial charge in [0.05, 0.1) is 18.4 Å². The zero-order valence-electron chi connectivity index (χ0n) is 9.47. The van der Waals surface area contributed by atoms with Crippen LogP contribution >= 0.6 is 0 Å². The molecule has 5 nitrogen and oxygen atoms in total. The maximum absolute atomic E-state index is 11.6. The molecule has 5 heteroatoms. The topological polar surface area (TPSA) is 66.8 Å². The van der Waals surface area contributed by atoms with Crippen molar-refractivity contribution < 1.29 is 19.4 Å². The average molecular weight is 235 g/mol. The van der Waals surface area contributed by atoms with Gasteiger partial charge in [-0.3, -0.25) is 4.79 Å². The molecule has 1 N–H and O–H groups in total. The molecule has 1 saturated heterocycles. The molecule has 1 aliphatic heterocycles. The van der Waals surface area contributed by atoms with E-state index < -0.39 is 5.97 Å². The SMILES string of the molecule is COc1ccc(C(=O)O)cc1N1CCCC1=O. The van der Waals surface area contributed by atoms with Crippen LogP contribution in [0.4, 0.5) is 5.69 Å². The van der Waals surface area contributed by atoms with Crippen LogP contribution < -0.4 is 9.64 Å². The second-order valence-electron chi connectivity index (χ2n) is 3.84. The summed E-state index contributed by atoms with van der Waals surface area (Å²) in [6.07, 6.45) is 1.29. The third-order valence-electron chi connectivity index (χ3n) is 2.79. The molecule has 1 heterocycles. The largest absolute Gasteiger partial charge is 0.495 e. The Morgan fingerprint density at radius 3 is 2.76 bits per heavy atom. The molecule has 0 saturated carbocycles. The van der Waals surface area contributed by atoms with Crippen LogP contribution in [0.25, 0.3) is 0 Å². The first-order valence-corrected chi connectivity index (χ1v) is 5.35. The number of carboxylic acid groups (broad SMARTS) is 1. The van der Waals surface area contributed by atoms with E-state index in [1.54, 1.807) is 11.0 Å². The van der Waals surface area contributed by atoms with Gasteiger partial charge in [0, 0.05) is 13.0 Å². The number of ether oxygens (including phenoxy) is 1. The lowest BCUT2D eigenvalue weighted by Gasteiger charge is -2.19. The molecule has 90 valence electrons. The Morgan fingerprint density at radius 1 is 1.47 bits per heavy atom. The third-order valence-corrected chi connectivity index (χ3v) is 2.79. The van der Waals surface area contributed by atoms with E-state index in [1.165, 1.54) is 19.2 Å². The van der Waals surface area contributed by atoms with E-state index in [2.05, 4.69) is 0 Å². The highest BCUT2D eigenvalue weighted by Gasteiger charge is 2.25. The van der Waals surface area contributed by atoms with Gasteiger partial charge in [-0.05, 0) is 24.6 Å². The van der Waals surface area contributed by atoms with E-state index in [-0.39, 0.29) is 11.5 Å². The Hall–Kier alpha value is -2.04. The summed E-state index contributed by atoms with van der Waals surface area (Å²) < 4.78 is 5.15. The first-order chi connectivity index (χ1) is 8.13. The van der Waals surface area contributed by atoms with Crippen LogP contribution in [0.2, 0.25) is 0 Å². The van der Waals surface area contributed by atoms with E-state index >= 15 is 0 Å². The Kier molecular flexibility index (Phi) is 2.99. The minimum absolute atomic E-state index is 0.00541. The number of carbonyl (C=O) groups excluding carboxylic acids is 1. The number of carboxylic acids is 1. The molecular weight excluding hydrogens is 222 g/mol. The molecule has 0 aliphatic carbocycles. The molecule has 0 aromatic heterocycles. The van der Waals surface area contributed by atoms with Crippen LogP contribution in [0.5, 0.6) is 5.75 Å². The lowest BCUT2D eigenvalue weighted by molar-refractivity contribution is -0.117. The molecule has 0 atom stereocenters. The van der Waals surface area contributed by atoms with Gasteiger partial charge in [-0.25, -0.2) is 4.79 Å². The van der Waals surface area contributed by atoms with Crippen LogP contribution in [0.15, 0.2) is 18.2 Å².